The molecule has 2 aromatic rings. The number of nitrogens with zero attached hydrogens (tertiary/aromatic N) is 2. The largest absolute Gasteiger partial charge is 0.476 e. The lowest BCUT2D eigenvalue weighted by atomic mass is 9.95. The van der Waals surface area contributed by atoms with Crippen molar-refractivity contribution in [2.24, 2.45) is 0 Å². The lowest BCUT2D eigenvalue weighted by molar-refractivity contribution is 0.0690. The zero-order chi connectivity index (χ0) is 13.6. The summed E-state index contributed by atoms with van der Waals surface area (Å²) in [6.07, 6.45) is 1.95. The Morgan fingerprint density at radius 3 is 2.89 bits per heavy atom. The fourth-order valence-corrected chi connectivity index (χ4v) is 2.77. The third-order valence-electron chi connectivity index (χ3n) is 3.71. The zero-order valence-corrected chi connectivity index (χ0v) is 11.1. The van der Waals surface area contributed by atoms with Gasteiger partial charge in [-0.25, -0.2) is 4.79 Å². The summed E-state index contributed by atoms with van der Waals surface area (Å²) in [5, 5.41) is 13.6. The van der Waals surface area contributed by atoms with Crippen LogP contribution in [0.25, 0.3) is 11.1 Å². The molecule has 0 aliphatic carbocycles. The molecule has 0 bridgehead atoms. The van der Waals surface area contributed by atoms with Crippen LogP contribution in [0.4, 0.5) is 0 Å². The number of hydrogen-bond donors (Lipinski definition) is 1. The number of aromatic carboxylic acids is 1. The van der Waals surface area contributed by atoms with Crippen molar-refractivity contribution in [3.63, 3.8) is 0 Å². The van der Waals surface area contributed by atoms with Gasteiger partial charge in [0.2, 0.25) is 0 Å². The highest BCUT2D eigenvalue weighted by atomic mass is 16.4. The number of carbonyl (C=O) groups is 1. The number of carboxylic acid groups (broad SMARTS) is 1. The summed E-state index contributed by atoms with van der Waals surface area (Å²) >= 11 is 0. The molecule has 98 valence electrons. The molecule has 0 radical (unpaired) electrons. The van der Waals surface area contributed by atoms with Crippen LogP contribution >= 0.6 is 0 Å². The predicted molar refractivity (Wildman–Crippen MR) is 72.4 cm³/mol. The summed E-state index contributed by atoms with van der Waals surface area (Å²) in [7, 11) is 0. The molecular weight excluding hydrogens is 240 g/mol. The van der Waals surface area contributed by atoms with Crippen LogP contribution in [0.3, 0.4) is 0 Å². The van der Waals surface area contributed by atoms with Gasteiger partial charge in [-0.1, -0.05) is 23.8 Å². The minimum atomic E-state index is -0.946. The smallest absolute Gasteiger partial charge is 0.357 e. The summed E-state index contributed by atoms with van der Waals surface area (Å²) in [5.41, 5.74) is 5.28. The number of carboxylic acids is 1. The van der Waals surface area contributed by atoms with Gasteiger partial charge in [-0.15, -0.1) is 0 Å². The van der Waals surface area contributed by atoms with Crippen LogP contribution in [0, 0.1) is 13.8 Å². The minimum absolute atomic E-state index is 0.184. The Labute approximate surface area is 111 Å². The molecule has 0 saturated heterocycles. The molecule has 19 heavy (non-hydrogen) atoms. The van der Waals surface area contributed by atoms with E-state index in [2.05, 4.69) is 11.2 Å². The van der Waals surface area contributed by atoms with Crippen LogP contribution in [0.15, 0.2) is 18.2 Å². The molecule has 2 heterocycles. The Bertz CT molecular complexity index is 671. The average molecular weight is 256 g/mol. The Kier molecular flexibility index (Phi) is 2.66. The first kappa shape index (κ1) is 12.0. The summed E-state index contributed by atoms with van der Waals surface area (Å²) in [6, 6.07) is 6.14. The van der Waals surface area contributed by atoms with Crippen LogP contribution in [0.2, 0.25) is 0 Å². The lowest BCUT2D eigenvalue weighted by Crippen LogP contribution is -2.02. The maximum absolute atomic E-state index is 11.4. The molecule has 1 aromatic carbocycles. The second kappa shape index (κ2) is 4.23. The first-order valence-electron chi connectivity index (χ1n) is 6.48. The van der Waals surface area contributed by atoms with Crippen LogP contribution in [0.1, 0.15) is 33.7 Å². The van der Waals surface area contributed by atoms with E-state index in [0.717, 1.165) is 47.3 Å². The van der Waals surface area contributed by atoms with Crippen molar-refractivity contribution >= 4 is 5.97 Å². The first-order valence-corrected chi connectivity index (χ1v) is 6.48. The molecule has 1 aromatic heterocycles. The van der Waals surface area contributed by atoms with E-state index in [0.29, 0.717) is 0 Å². The van der Waals surface area contributed by atoms with Gasteiger partial charge < -0.3 is 5.11 Å². The molecule has 1 aliphatic rings. The van der Waals surface area contributed by atoms with Gasteiger partial charge in [0.25, 0.3) is 0 Å². The average Bonchev–Trinajstić information content (AvgIpc) is 2.92. The molecule has 1 N–H and O–H groups in total. The highest BCUT2D eigenvalue weighted by molar-refractivity contribution is 5.95. The molecule has 3 rings (SSSR count). The van der Waals surface area contributed by atoms with Crippen molar-refractivity contribution < 1.29 is 9.90 Å². The highest BCUT2D eigenvalue weighted by Crippen LogP contribution is 2.34. The van der Waals surface area contributed by atoms with Gasteiger partial charge in [-0.3, -0.25) is 4.68 Å². The SMILES string of the molecule is Cc1ccc(C)c(-c2c(C(=O)O)nn3c2CCC3)c1. The van der Waals surface area contributed by atoms with Crippen molar-refractivity contribution in [1.82, 2.24) is 9.78 Å². The van der Waals surface area contributed by atoms with Crippen LogP contribution in [0.5, 0.6) is 0 Å². The third kappa shape index (κ3) is 1.84. The topological polar surface area (TPSA) is 55.1 Å². The number of fused-ring (bicyclic) bond motifs is 1. The molecule has 1 aliphatic heterocycles. The summed E-state index contributed by atoms with van der Waals surface area (Å²) in [4.78, 5) is 11.4. The number of hydrogen-bond acceptors (Lipinski definition) is 2. The molecule has 0 spiro atoms. The number of benzene rings is 1. The molecule has 0 fully saturated rings. The van der Waals surface area contributed by atoms with Gasteiger partial charge in [0.15, 0.2) is 5.69 Å². The third-order valence-corrected chi connectivity index (χ3v) is 3.71. The second-order valence-electron chi connectivity index (χ2n) is 5.12. The van der Waals surface area contributed by atoms with Crippen LogP contribution in [-0.2, 0) is 13.0 Å². The van der Waals surface area contributed by atoms with E-state index < -0.39 is 5.97 Å². The Morgan fingerprint density at radius 2 is 2.16 bits per heavy atom. The quantitative estimate of drug-likeness (QED) is 0.898. The van der Waals surface area contributed by atoms with Crippen LogP contribution < -0.4 is 0 Å². The minimum Gasteiger partial charge on any atom is -0.476 e. The van der Waals surface area contributed by atoms with Gasteiger partial charge in [0, 0.05) is 17.8 Å². The van der Waals surface area contributed by atoms with E-state index >= 15 is 0 Å². The van der Waals surface area contributed by atoms with Gasteiger partial charge in [0.1, 0.15) is 0 Å². The number of aryl methyl sites for hydroxylation is 3. The van der Waals surface area contributed by atoms with E-state index in [1.807, 2.05) is 30.7 Å². The summed E-state index contributed by atoms with van der Waals surface area (Å²) < 4.78 is 1.85. The van der Waals surface area contributed by atoms with Crippen LogP contribution in [-0.4, -0.2) is 20.9 Å². The fourth-order valence-electron chi connectivity index (χ4n) is 2.77. The van der Waals surface area contributed by atoms with Gasteiger partial charge in [-0.2, -0.15) is 5.10 Å². The predicted octanol–water partition coefficient (Wildman–Crippen LogP) is 2.81. The standard InChI is InChI=1S/C15H16N2O2/c1-9-5-6-10(2)11(8-9)13-12-4-3-7-17(12)16-14(13)15(18)19/h5-6,8H,3-4,7H2,1-2H3,(H,18,19). The zero-order valence-electron chi connectivity index (χ0n) is 11.1. The Hall–Kier alpha value is -2.10. The van der Waals surface area contributed by atoms with Gasteiger partial charge in [0.05, 0.1) is 0 Å². The molecular formula is C15H16N2O2. The van der Waals surface area contributed by atoms with E-state index in [9.17, 15) is 9.90 Å². The monoisotopic (exact) mass is 256 g/mol. The molecule has 0 unspecified atom stereocenters. The molecule has 0 saturated carbocycles. The maximum Gasteiger partial charge on any atom is 0.357 e. The van der Waals surface area contributed by atoms with E-state index in [-0.39, 0.29) is 5.69 Å². The number of rotatable bonds is 2. The molecule has 4 heteroatoms. The van der Waals surface area contributed by atoms with Crippen molar-refractivity contribution in [3.8, 4) is 11.1 Å². The molecule has 4 nitrogen and oxygen atoms in total. The van der Waals surface area contributed by atoms with Crippen molar-refractivity contribution in [2.45, 2.75) is 33.2 Å². The molecule has 0 atom stereocenters. The second-order valence-corrected chi connectivity index (χ2v) is 5.12. The fraction of sp³-hybridized carbons (Fsp3) is 0.333. The maximum atomic E-state index is 11.4. The number of aromatic nitrogens is 2. The van der Waals surface area contributed by atoms with E-state index in [1.165, 1.54) is 0 Å². The Morgan fingerprint density at radius 1 is 1.37 bits per heavy atom. The van der Waals surface area contributed by atoms with Crippen molar-refractivity contribution in [3.05, 3.63) is 40.7 Å². The van der Waals surface area contributed by atoms with E-state index in [1.54, 1.807) is 0 Å². The lowest BCUT2D eigenvalue weighted by Gasteiger charge is -2.08. The Balaban J connectivity index is 2.29. The summed E-state index contributed by atoms with van der Waals surface area (Å²) in [6.45, 7) is 4.85. The first-order chi connectivity index (χ1) is 9.08. The van der Waals surface area contributed by atoms with E-state index in [4.69, 9.17) is 0 Å². The summed E-state index contributed by atoms with van der Waals surface area (Å²) in [5.74, 6) is -0.946. The molecule has 0 amide bonds. The normalized spacial score (nSPS) is 13.6. The van der Waals surface area contributed by atoms with Crippen molar-refractivity contribution in [1.29, 1.82) is 0 Å². The van der Waals surface area contributed by atoms with Gasteiger partial charge in [-0.05, 0) is 37.8 Å². The highest BCUT2D eigenvalue weighted by Gasteiger charge is 2.27. The van der Waals surface area contributed by atoms with Gasteiger partial charge >= 0.3 is 5.97 Å². The van der Waals surface area contributed by atoms with Crippen molar-refractivity contribution in [2.75, 3.05) is 0 Å².